The average Bonchev–Trinajstić information content (AvgIpc) is 2.41. The Kier molecular flexibility index (Phi) is 7.58. The van der Waals surface area contributed by atoms with Crippen molar-refractivity contribution < 1.29 is 44.3 Å². The Bertz CT molecular complexity index is 784. The molecule has 0 heterocycles. The Morgan fingerprint density at radius 3 is 2.35 bits per heavy atom. The van der Waals surface area contributed by atoms with Gasteiger partial charge in [0.05, 0.1) is 5.02 Å². The van der Waals surface area contributed by atoms with Crippen LogP contribution in [0.15, 0.2) is 34.8 Å². The molecule has 0 unspecified atom stereocenters. The summed E-state index contributed by atoms with van der Waals surface area (Å²) < 4.78 is 0.728. The number of hydrogen-bond acceptors (Lipinski definition) is 4. The average molecular weight is 425 g/mol. The monoisotopic (exact) mass is 423 g/mol. The quantitative estimate of drug-likeness (QED) is 0.421. The van der Waals surface area contributed by atoms with Gasteiger partial charge in [-0.15, -0.1) is 0 Å². The van der Waals surface area contributed by atoms with Crippen molar-refractivity contribution in [1.82, 2.24) is 0 Å². The van der Waals surface area contributed by atoms with Crippen LogP contribution in [0.2, 0.25) is 10.0 Å². The molecule has 0 radical (unpaired) electrons. The molecule has 0 atom stereocenters. The molecule has 23 heavy (non-hydrogen) atoms. The maximum Gasteiger partial charge on any atom is 1.00 e. The first-order chi connectivity index (χ1) is 10.3. The summed E-state index contributed by atoms with van der Waals surface area (Å²) in [6, 6.07) is 7.58. The van der Waals surface area contributed by atoms with Crippen LogP contribution in [0.3, 0.4) is 0 Å². The van der Waals surface area contributed by atoms with E-state index in [0.717, 1.165) is 4.47 Å². The molecule has 0 spiro atoms. The van der Waals surface area contributed by atoms with Crippen LogP contribution in [0.5, 0.6) is 0 Å². The third-order valence-corrected chi connectivity index (χ3v) is 4.01. The van der Waals surface area contributed by atoms with Crippen molar-refractivity contribution in [3.63, 3.8) is 0 Å². The molecule has 0 saturated carbocycles. The van der Waals surface area contributed by atoms with Gasteiger partial charge in [-0.1, -0.05) is 39.1 Å². The zero-order chi connectivity index (χ0) is 16.4. The molecule has 2 N–H and O–H groups in total. The molecule has 0 bridgehead atoms. The number of carboxylic acids is 1. The fraction of sp³-hybridized carbons (Fsp3) is 0.0667. The van der Waals surface area contributed by atoms with Gasteiger partial charge in [0.1, 0.15) is 0 Å². The number of benzene rings is 2. The van der Waals surface area contributed by atoms with Crippen molar-refractivity contribution in [2.45, 2.75) is 6.42 Å². The minimum absolute atomic E-state index is 0. The van der Waals surface area contributed by atoms with E-state index in [4.69, 9.17) is 28.9 Å². The number of nitrogen functional groups attached to an aromatic ring is 1. The van der Waals surface area contributed by atoms with E-state index in [1.807, 2.05) is 0 Å². The van der Waals surface area contributed by atoms with Crippen molar-refractivity contribution in [1.29, 1.82) is 0 Å². The van der Waals surface area contributed by atoms with Gasteiger partial charge in [-0.3, -0.25) is 4.79 Å². The van der Waals surface area contributed by atoms with Crippen molar-refractivity contribution >= 4 is 56.6 Å². The van der Waals surface area contributed by atoms with E-state index in [0.29, 0.717) is 0 Å². The maximum atomic E-state index is 12.6. The van der Waals surface area contributed by atoms with Crippen molar-refractivity contribution in [2.75, 3.05) is 5.73 Å². The molecule has 8 heteroatoms. The van der Waals surface area contributed by atoms with Gasteiger partial charge in [0, 0.05) is 38.7 Å². The first-order valence-corrected chi connectivity index (χ1v) is 7.62. The molecule has 0 aliphatic rings. The Morgan fingerprint density at radius 2 is 1.78 bits per heavy atom. The van der Waals surface area contributed by atoms with Gasteiger partial charge in [-0.25, -0.2) is 0 Å². The zero-order valence-electron chi connectivity index (χ0n) is 12.0. The van der Waals surface area contributed by atoms with Crippen molar-refractivity contribution in [2.24, 2.45) is 0 Å². The third kappa shape index (κ3) is 4.95. The molecular weight excluding hydrogens is 416 g/mol. The maximum absolute atomic E-state index is 12.6. The fourth-order valence-electron chi connectivity index (χ4n) is 1.98. The zero-order valence-corrected chi connectivity index (χ0v) is 17.1. The summed E-state index contributed by atoms with van der Waals surface area (Å²) in [7, 11) is 0. The molecule has 2 aromatic carbocycles. The molecule has 2 aromatic rings. The van der Waals surface area contributed by atoms with Gasteiger partial charge in [-0.05, 0) is 35.9 Å². The Morgan fingerprint density at radius 1 is 1.13 bits per heavy atom. The normalized spacial score (nSPS) is 10.0. The van der Waals surface area contributed by atoms with Gasteiger partial charge < -0.3 is 15.6 Å². The van der Waals surface area contributed by atoms with Crippen LogP contribution in [0.25, 0.3) is 0 Å². The summed E-state index contributed by atoms with van der Waals surface area (Å²) in [5.74, 6) is -1.74. The molecule has 0 saturated heterocycles. The van der Waals surface area contributed by atoms with Gasteiger partial charge in [0.15, 0.2) is 5.78 Å². The summed E-state index contributed by atoms with van der Waals surface area (Å²) >= 11 is 15.3. The Balaban J connectivity index is 0.00000264. The van der Waals surface area contributed by atoms with Gasteiger partial charge in [-0.2, -0.15) is 0 Å². The van der Waals surface area contributed by atoms with Crippen LogP contribution < -0.4 is 40.4 Å². The number of aliphatic carboxylic acids is 1. The van der Waals surface area contributed by atoms with Crippen LogP contribution in [-0.2, 0) is 11.2 Å². The second-order valence-electron chi connectivity index (χ2n) is 4.53. The van der Waals surface area contributed by atoms with E-state index in [2.05, 4.69) is 15.9 Å². The van der Waals surface area contributed by atoms with E-state index < -0.39 is 18.2 Å². The van der Waals surface area contributed by atoms with E-state index in [-0.39, 0.29) is 62.0 Å². The Labute approximate surface area is 173 Å². The number of ketones is 1. The molecule has 114 valence electrons. The number of halogens is 3. The van der Waals surface area contributed by atoms with E-state index in [1.165, 1.54) is 12.1 Å². The fourth-order valence-corrected chi connectivity index (χ4v) is 2.98. The molecule has 2 rings (SSSR count). The largest absolute Gasteiger partial charge is 1.00 e. The van der Waals surface area contributed by atoms with Crippen molar-refractivity contribution in [3.8, 4) is 0 Å². The summed E-state index contributed by atoms with van der Waals surface area (Å²) in [6.45, 7) is 0. The number of carboxylic acid groups (broad SMARTS) is 1. The van der Waals surface area contributed by atoms with E-state index >= 15 is 0 Å². The number of nitrogens with two attached hydrogens (primary N) is 1. The molecule has 4 nitrogen and oxygen atoms in total. The predicted molar refractivity (Wildman–Crippen MR) is 87.2 cm³/mol. The number of anilines is 1. The first kappa shape index (κ1) is 20.5. The topological polar surface area (TPSA) is 83.2 Å². The second-order valence-corrected chi connectivity index (χ2v) is 6.29. The molecule has 0 aliphatic heterocycles. The SMILES string of the molecule is Nc1c(CC(=O)[O-])cc(Cl)cc1C(=O)c1ccc(Br)cc1Cl.[Na+]. The smallest absolute Gasteiger partial charge is 0.550 e. The second kappa shape index (κ2) is 8.51. The molecule has 0 fully saturated rings. The summed E-state index contributed by atoms with van der Waals surface area (Å²) in [6.07, 6.45) is -0.430. The van der Waals surface area contributed by atoms with E-state index in [9.17, 15) is 14.7 Å². The number of rotatable bonds is 4. The summed E-state index contributed by atoms with van der Waals surface area (Å²) in [4.78, 5) is 23.3. The first-order valence-electron chi connectivity index (χ1n) is 6.07. The van der Waals surface area contributed by atoms with Crippen LogP contribution in [0.4, 0.5) is 5.69 Å². The van der Waals surface area contributed by atoms with Gasteiger partial charge >= 0.3 is 29.6 Å². The van der Waals surface area contributed by atoms with Crippen molar-refractivity contribution in [3.05, 3.63) is 61.5 Å². The minimum atomic E-state index is -1.31. The number of carbonyl (C=O) groups excluding carboxylic acids is 2. The number of carbonyl (C=O) groups is 2. The molecule has 0 aliphatic carbocycles. The summed E-state index contributed by atoms with van der Waals surface area (Å²) in [5.41, 5.74) is 6.53. The predicted octanol–water partition coefficient (Wildman–Crippen LogP) is -0.134. The molecule has 0 aromatic heterocycles. The third-order valence-electron chi connectivity index (χ3n) is 2.99. The number of hydrogen-bond donors (Lipinski definition) is 1. The standard InChI is InChI=1S/C15H10BrCl2NO3.Na/c16-8-1-2-10(12(18)5-8)15(22)11-6-9(17)3-7(14(11)19)4-13(20)21;/h1-3,5-6H,4,19H2,(H,20,21);/q;+1/p-1. The Hall–Kier alpha value is -0.560. The molecule has 0 amide bonds. The van der Waals surface area contributed by atoms with Crippen LogP contribution in [0.1, 0.15) is 21.5 Å². The van der Waals surface area contributed by atoms with Crippen LogP contribution >= 0.6 is 39.1 Å². The minimum Gasteiger partial charge on any atom is -0.550 e. The van der Waals surface area contributed by atoms with Gasteiger partial charge in [0.25, 0.3) is 0 Å². The molecular formula is C15H9BrCl2NNaO3. The van der Waals surface area contributed by atoms with Crippen LogP contribution in [-0.4, -0.2) is 11.8 Å². The summed E-state index contributed by atoms with van der Waals surface area (Å²) in [5, 5.41) is 11.2. The van der Waals surface area contributed by atoms with Gasteiger partial charge in [0.2, 0.25) is 0 Å². The van der Waals surface area contributed by atoms with E-state index in [1.54, 1.807) is 18.2 Å². The van der Waals surface area contributed by atoms with Crippen LogP contribution in [0, 0.1) is 0 Å².